The fourth-order valence-corrected chi connectivity index (χ4v) is 2.63. The van der Waals surface area contributed by atoms with Crippen LogP contribution in [0, 0.1) is 6.92 Å². The van der Waals surface area contributed by atoms with E-state index >= 15 is 0 Å². The van der Waals surface area contributed by atoms with Gasteiger partial charge < -0.3 is 10.6 Å². The largest absolute Gasteiger partial charge is 0.416 e. The molecule has 0 aromatic heterocycles. The average molecular weight is 401 g/mol. The predicted octanol–water partition coefficient (Wildman–Crippen LogP) is 5.14. The first-order valence-electron chi connectivity index (χ1n) is 7.23. The van der Waals surface area contributed by atoms with Crippen molar-refractivity contribution in [3.63, 3.8) is 0 Å². The van der Waals surface area contributed by atoms with Crippen LogP contribution in [0.3, 0.4) is 0 Å². The number of carbonyl (C=O) groups is 1. The summed E-state index contributed by atoms with van der Waals surface area (Å²) in [7, 11) is 0. The summed E-state index contributed by atoms with van der Waals surface area (Å²) in [4.78, 5) is 11.9. The summed E-state index contributed by atoms with van der Waals surface area (Å²) < 4.78 is 38.8. The molecule has 0 atom stereocenters. The Morgan fingerprint density at radius 1 is 1.17 bits per heavy atom. The Bertz CT molecular complexity index is 732. The summed E-state index contributed by atoms with van der Waals surface area (Å²) in [5.41, 5.74) is 1.41. The molecular formula is C17H16BrF3N2O. The van der Waals surface area contributed by atoms with Crippen molar-refractivity contribution in [3.8, 4) is 0 Å². The number of nitrogens with one attached hydrogen (secondary N) is 2. The zero-order valence-electron chi connectivity index (χ0n) is 12.9. The molecule has 0 radical (unpaired) electrons. The maximum atomic E-state index is 12.6. The molecule has 24 heavy (non-hydrogen) atoms. The third kappa shape index (κ3) is 5.26. The van der Waals surface area contributed by atoms with E-state index in [0.29, 0.717) is 17.7 Å². The van der Waals surface area contributed by atoms with Gasteiger partial charge >= 0.3 is 12.2 Å². The van der Waals surface area contributed by atoms with E-state index in [1.165, 1.54) is 6.07 Å². The lowest BCUT2D eigenvalue weighted by molar-refractivity contribution is -0.137. The predicted molar refractivity (Wildman–Crippen MR) is 91.0 cm³/mol. The van der Waals surface area contributed by atoms with Crippen LogP contribution in [0.5, 0.6) is 0 Å². The molecule has 3 nitrogen and oxygen atoms in total. The first-order valence-corrected chi connectivity index (χ1v) is 8.02. The molecule has 2 aromatic carbocycles. The van der Waals surface area contributed by atoms with Gasteiger partial charge in [0.15, 0.2) is 0 Å². The monoisotopic (exact) mass is 400 g/mol. The van der Waals surface area contributed by atoms with Gasteiger partial charge in [0.05, 0.1) is 5.56 Å². The molecule has 0 fully saturated rings. The summed E-state index contributed by atoms with van der Waals surface area (Å²) in [5.74, 6) is 0. The van der Waals surface area contributed by atoms with Crippen LogP contribution in [0.1, 0.15) is 16.7 Å². The molecule has 0 aliphatic rings. The molecule has 0 saturated carbocycles. The Morgan fingerprint density at radius 3 is 2.58 bits per heavy atom. The third-order valence-corrected chi connectivity index (χ3v) is 3.88. The number of benzene rings is 2. The minimum atomic E-state index is -4.36. The molecule has 0 saturated heterocycles. The number of carbonyl (C=O) groups excluding carboxylic acids is 1. The van der Waals surface area contributed by atoms with Crippen molar-refractivity contribution in [1.29, 1.82) is 0 Å². The summed E-state index contributed by atoms with van der Waals surface area (Å²) >= 11 is 3.34. The SMILES string of the molecule is Cc1cc(Br)ccc1NC(=O)NCCc1cccc(C(F)(F)F)c1. The third-order valence-electron chi connectivity index (χ3n) is 3.39. The molecule has 0 aliphatic heterocycles. The van der Waals surface area contributed by atoms with Crippen molar-refractivity contribution >= 4 is 27.6 Å². The highest BCUT2D eigenvalue weighted by Crippen LogP contribution is 2.29. The highest BCUT2D eigenvalue weighted by molar-refractivity contribution is 9.10. The summed E-state index contributed by atoms with van der Waals surface area (Å²) in [6.45, 7) is 2.10. The number of rotatable bonds is 4. The number of urea groups is 1. The first-order chi connectivity index (χ1) is 11.3. The summed E-state index contributed by atoms with van der Waals surface area (Å²) in [5, 5.41) is 5.35. The lowest BCUT2D eigenvalue weighted by Crippen LogP contribution is -2.30. The fourth-order valence-electron chi connectivity index (χ4n) is 2.16. The molecule has 7 heteroatoms. The normalized spacial score (nSPS) is 11.2. The van der Waals surface area contributed by atoms with Crippen LogP contribution in [-0.2, 0) is 12.6 Å². The van der Waals surface area contributed by atoms with Gasteiger partial charge in [-0.05, 0) is 48.7 Å². The Balaban J connectivity index is 1.87. The van der Waals surface area contributed by atoms with Crippen molar-refractivity contribution in [2.75, 3.05) is 11.9 Å². The molecule has 0 spiro atoms. The minimum Gasteiger partial charge on any atom is -0.338 e. The number of aryl methyl sites for hydroxylation is 1. The van der Waals surface area contributed by atoms with Gasteiger partial charge in [-0.25, -0.2) is 4.79 Å². The zero-order chi connectivity index (χ0) is 17.7. The number of halogens is 4. The first kappa shape index (κ1) is 18.3. The van der Waals surface area contributed by atoms with E-state index in [2.05, 4.69) is 26.6 Å². The van der Waals surface area contributed by atoms with Gasteiger partial charge in [0.25, 0.3) is 0 Å². The molecule has 2 aromatic rings. The van der Waals surface area contributed by atoms with Gasteiger partial charge in [-0.3, -0.25) is 0 Å². The second-order valence-corrected chi connectivity index (χ2v) is 6.20. The Hall–Kier alpha value is -2.02. The van der Waals surface area contributed by atoms with Crippen LogP contribution in [0.15, 0.2) is 46.9 Å². The lowest BCUT2D eigenvalue weighted by atomic mass is 10.1. The van der Waals surface area contributed by atoms with Gasteiger partial charge in [0.1, 0.15) is 0 Å². The Morgan fingerprint density at radius 2 is 1.92 bits per heavy atom. The molecule has 2 rings (SSSR count). The molecule has 2 amide bonds. The van der Waals surface area contributed by atoms with E-state index in [1.54, 1.807) is 12.1 Å². The lowest BCUT2D eigenvalue weighted by Gasteiger charge is -2.11. The maximum Gasteiger partial charge on any atom is 0.416 e. The van der Waals surface area contributed by atoms with Crippen LogP contribution < -0.4 is 10.6 Å². The molecule has 0 unspecified atom stereocenters. The van der Waals surface area contributed by atoms with E-state index in [-0.39, 0.29) is 6.54 Å². The number of amides is 2. The van der Waals surface area contributed by atoms with E-state index in [9.17, 15) is 18.0 Å². The van der Waals surface area contributed by atoms with E-state index in [0.717, 1.165) is 22.2 Å². The standard InChI is InChI=1S/C17H16BrF3N2O/c1-11-9-14(18)5-6-15(11)23-16(24)22-8-7-12-3-2-4-13(10-12)17(19,20)21/h2-6,9-10H,7-8H2,1H3,(H2,22,23,24). The second-order valence-electron chi connectivity index (χ2n) is 5.29. The topological polar surface area (TPSA) is 41.1 Å². The van der Waals surface area contributed by atoms with E-state index < -0.39 is 17.8 Å². The quantitative estimate of drug-likeness (QED) is 0.732. The molecule has 0 aliphatic carbocycles. The van der Waals surface area contributed by atoms with Crippen LogP contribution in [0.25, 0.3) is 0 Å². The van der Waals surface area contributed by atoms with Crippen molar-refractivity contribution in [2.24, 2.45) is 0 Å². The van der Waals surface area contributed by atoms with Crippen LogP contribution in [0.4, 0.5) is 23.7 Å². The number of hydrogen-bond acceptors (Lipinski definition) is 1. The van der Waals surface area contributed by atoms with Crippen LogP contribution in [0.2, 0.25) is 0 Å². The van der Waals surface area contributed by atoms with Crippen molar-refractivity contribution in [3.05, 3.63) is 63.6 Å². The Labute approximate surface area is 146 Å². The van der Waals surface area contributed by atoms with Crippen molar-refractivity contribution in [2.45, 2.75) is 19.5 Å². The summed E-state index contributed by atoms with van der Waals surface area (Å²) in [6.07, 6.45) is -4.05. The van der Waals surface area contributed by atoms with E-state index in [4.69, 9.17) is 0 Å². The highest BCUT2D eigenvalue weighted by atomic mass is 79.9. The van der Waals surface area contributed by atoms with Gasteiger partial charge in [-0.2, -0.15) is 13.2 Å². The molecule has 0 bridgehead atoms. The van der Waals surface area contributed by atoms with Crippen LogP contribution >= 0.6 is 15.9 Å². The van der Waals surface area contributed by atoms with Crippen molar-refractivity contribution < 1.29 is 18.0 Å². The zero-order valence-corrected chi connectivity index (χ0v) is 14.5. The fraction of sp³-hybridized carbons (Fsp3) is 0.235. The Kier molecular flexibility index (Phi) is 5.88. The molecule has 0 heterocycles. The maximum absolute atomic E-state index is 12.6. The van der Waals surface area contributed by atoms with Crippen LogP contribution in [-0.4, -0.2) is 12.6 Å². The van der Waals surface area contributed by atoms with Gasteiger partial charge in [0.2, 0.25) is 0 Å². The molecule has 2 N–H and O–H groups in total. The van der Waals surface area contributed by atoms with E-state index in [1.807, 2.05) is 19.1 Å². The van der Waals surface area contributed by atoms with Crippen molar-refractivity contribution in [1.82, 2.24) is 5.32 Å². The van der Waals surface area contributed by atoms with Gasteiger partial charge in [-0.1, -0.05) is 34.1 Å². The smallest absolute Gasteiger partial charge is 0.338 e. The number of hydrogen-bond donors (Lipinski definition) is 2. The second kappa shape index (κ2) is 7.70. The molecule has 128 valence electrons. The minimum absolute atomic E-state index is 0.239. The number of anilines is 1. The van der Waals surface area contributed by atoms with Gasteiger partial charge in [0, 0.05) is 16.7 Å². The number of alkyl halides is 3. The highest BCUT2D eigenvalue weighted by Gasteiger charge is 2.30. The summed E-state index contributed by atoms with van der Waals surface area (Å²) in [6, 6.07) is 10.2. The average Bonchev–Trinajstić information content (AvgIpc) is 2.50. The molecular weight excluding hydrogens is 385 g/mol. The van der Waals surface area contributed by atoms with Gasteiger partial charge in [-0.15, -0.1) is 0 Å².